The zero-order valence-corrected chi connectivity index (χ0v) is 23.6. The Labute approximate surface area is 219 Å². The molecule has 4 aromatic rings. The number of aliphatic hydroxyl groups is 1. The van der Waals surface area contributed by atoms with Gasteiger partial charge in [-0.3, -0.25) is 9.78 Å². The number of rotatable bonds is 3. The predicted molar refractivity (Wildman–Crippen MR) is 140 cm³/mol. The van der Waals surface area contributed by atoms with Crippen molar-refractivity contribution in [3.63, 3.8) is 0 Å². The third kappa shape index (κ3) is 7.46. The molecular weight excluding hydrogens is 619 g/mol. The van der Waals surface area contributed by atoms with Crippen molar-refractivity contribution >= 4 is 27.3 Å². The van der Waals surface area contributed by atoms with Crippen LogP contribution in [0.5, 0.6) is 0 Å². The first-order chi connectivity index (χ1) is 15.5. The molecule has 2 aromatic carbocycles. The van der Waals surface area contributed by atoms with Crippen LogP contribution in [0.15, 0.2) is 72.5 Å². The fourth-order valence-electron chi connectivity index (χ4n) is 3.39. The Hall–Kier alpha value is -2.59. The van der Waals surface area contributed by atoms with E-state index in [9.17, 15) is 4.79 Å². The SMILES string of the molecule is CC(=O)C=C(C)O.Cc1[c-]c(-c2ccc3cc(-c4ccccc4)sc3n2)cc(C(C)(C)C)c1.[Ir]. The van der Waals surface area contributed by atoms with Crippen LogP contribution < -0.4 is 0 Å². The first-order valence-electron chi connectivity index (χ1n) is 10.9. The second-order valence-corrected chi connectivity index (χ2v) is 10.2. The minimum absolute atomic E-state index is 0. The van der Waals surface area contributed by atoms with Crippen LogP contribution in [0, 0.1) is 13.0 Å². The van der Waals surface area contributed by atoms with Crippen LogP contribution in [0.25, 0.3) is 31.9 Å². The molecule has 1 radical (unpaired) electrons. The Balaban J connectivity index is 0.000000449. The maximum atomic E-state index is 10.0. The van der Waals surface area contributed by atoms with Crippen LogP contribution in [0.1, 0.15) is 45.7 Å². The van der Waals surface area contributed by atoms with Crippen molar-refractivity contribution in [3.8, 4) is 21.7 Å². The molecule has 179 valence electrons. The largest absolute Gasteiger partial charge is 0.512 e. The van der Waals surface area contributed by atoms with Gasteiger partial charge in [0, 0.05) is 36.4 Å². The molecule has 0 aliphatic rings. The maximum absolute atomic E-state index is 10.0. The van der Waals surface area contributed by atoms with E-state index in [0.717, 1.165) is 21.7 Å². The fourth-order valence-corrected chi connectivity index (χ4v) is 4.43. The number of allylic oxidation sites excluding steroid dienone is 2. The Morgan fingerprint density at radius 1 is 1.03 bits per heavy atom. The molecule has 0 amide bonds. The quantitative estimate of drug-likeness (QED) is 0.139. The number of ketones is 1. The molecule has 2 heterocycles. The van der Waals surface area contributed by atoms with Gasteiger partial charge in [-0.2, -0.15) is 0 Å². The Bertz CT molecular complexity index is 1300. The molecule has 0 spiro atoms. The Morgan fingerprint density at radius 2 is 1.71 bits per heavy atom. The summed E-state index contributed by atoms with van der Waals surface area (Å²) >= 11 is 1.75. The number of aromatic nitrogens is 1. The summed E-state index contributed by atoms with van der Waals surface area (Å²) in [6.45, 7) is 11.7. The minimum Gasteiger partial charge on any atom is -0.512 e. The summed E-state index contributed by atoms with van der Waals surface area (Å²) in [5, 5.41) is 9.56. The summed E-state index contributed by atoms with van der Waals surface area (Å²) in [7, 11) is 0. The Kier molecular flexibility index (Phi) is 9.52. The van der Waals surface area contributed by atoms with Gasteiger partial charge < -0.3 is 5.11 Å². The van der Waals surface area contributed by atoms with E-state index in [1.165, 1.54) is 41.3 Å². The number of carbonyl (C=O) groups excluding carboxylic acids is 1. The van der Waals surface area contributed by atoms with Gasteiger partial charge in [-0.25, -0.2) is 0 Å². The van der Waals surface area contributed by atoms with Crippen LogP contribution in [-0.2, 0) is 30.3 Å². The summed E-state index contributed by atoms with van der Waals surface area (Å²) in [5.41, 5.74) is 5.91. The third-order valence-corrected chi connectivity index (χ3v) is 6.09. The number of hydrogen-bond donors (Lipinski definition) is 1. The van der Waals surface area contributed by atoms with Crippen LogP contribution in [0.2, 0.25) is 0 Å². The number of aliphatic hydroxyl groups excluding tert-OH is 1. The summed E-state index contributed by atoms with van der Waals surface area (Å²) in [6, 6.07) is 25.0. The van der Waals surface area contributed by atoms with Gasteiger partial charge in [-0.05, 0) is 36.6 Å². The molecule has 4 rings (SSSR count). The van der Waals surface area contributed by atoms with Crippen molar-refractivity contribution in [2.45, 2.75) is 47.0 Å². The van der Waals surface area contributed by atoms with Crippen molar-refractivity contribution in [1.29, 1.82) is 0 Å². The first-order valence-corrected chi connectivity index (χ1v) is 11.7. The van der Waals surface area contributed by atoms with E-state index in [1.54, 1.807) is 11.3 Å². The van der Waals surface area contributed by atoms with Crippen LogP contribution in [0.3, 0.4) is 0 Å². The number of aryl methyl sites for hydroxylation is 1. The third-order valence-electron chi connectivity index (χ3n) is 5.00. The predicted octanol–water partition coefficient (Wildman–Crippen LogP) is 8.07. The summed E-state index contributed by atoms with van der Waals surface area (Å²) in [4.78, 5) is 17.3. The minimum atomic E-state index is -0.125. The van der Waals surface area contributed by atoms with Gasteiger partial charge in [0.1, 0.15) is 4.83 Å². The molecule has 0 atom stereocenters. The van der Waals surface area contributed by atoms with Gasteiger partial charge >= 0.3 is 0 Å². The number of nitrogens with zero attached hydrogens (tertiary/aromatic N) is 1. The monoisotopic (exact) mass is 649 g/mol. The molecule has 2 aromatic heterocycles. The number of benzene rings is 2. The number of hydrogen-bond acceptors (Lipinski definition) is 4. The summed E-state index contributed by atoms with van der Waals surface area (Å²) in [5.74, 6) is -0.0625. The molecule has 0 unspecified atom stereocenters. The molecule has 0 aliphatic heterocycles. The van der Waals surface area contributed by atoms with E-state index in [1.807, 2.05) is 6.07 Å². The molecule has 0 aliphatic carbocycles. The van der Waals surface area contributed by atoms with Crippen molar-refractivity contribution in [2.75, 3.05) is 0 Å². The Morgan fingerprint density at radius 3 is 2.26 bits per heavy atom. The first kappa shape index (κ1) is 27.7. The van der Waals surface area contributed by atoms with E-state index < -0.39 is 0 Å². The van der Waals surface area contributed by atoms with Crippen LogP contribution in [-0.4, -0.2) is 15.9 Å². The summed E-state index contributed by atoms with van der Waals surface area (Å²) in [6.07, 6.45) is 1.17. The van der Waals surface area contributed by atoms with Crippen LogP contribution >= 0.6 is 11.3 Å². The van der Waals surface area contributed by atoms with Gasteiger partial charge in [0.25, 0.3) is 0 Å². The van der Waals surface area contributed by atoms with E-state index in [0.29, 0.717) is 0 Å². The zero-order chi connectivity index (χ0) is 24.2. The second-order valence-electron chi connectivity index (χ2n) is 9.18. The average Bonchev–Trinajstić information content (AvgIpc) is 3.16. The second kappa shape index (κ2) is 11.7. The smallest absolute Gasteiger partial charge is 0.155 e. The molecule has 0 bridgehead atoms. The van der Waals surface area contributed by atoms with Gasteiger partial charge in [-0.1, -0.05) is 70.2 Å². The molecule has 34 heavy (non-hydrogen) atoms. The van der Waals surface area contributed by atoms with Crippen molar-refractivity contribution in [1.82, 2.24) is 4.98 Å². The topological polar surface area (TPSA) is 50.2 Å². The molecule has 1 N–H and O–H groups in total. The molecule has 3 nitrogen and oxygen atoms in total. The zero-order valence-electron chi connectivity index (χ0n) is 20.4. The standard InChI is InChI=1S/C24H22NS.C5H8O2.Ir/c1-16-12-19(14-20(13-16)24(2,3)4)21-11-10-18-15-22(26-23(18)25-21)17-8-6-5-7-9-17;1-4(6)3-5(2)7;/h5-11,13-15H,1-4H3;3,6H,1-2H3;/q-1;;. The molecule has 0 saturated heterocycles. The van der Waals surface area contributed by atoms with Crippen molar-refractivity contribution in [3.05, 3.63) is 89.7 Å². The van der Waals surface area contributed by atoms with Crippen LogP contribution in [0.4, 0.5) is 0 Å². The van der Waals surface area contributed by atoms with Gasteiger partial charge in [0.05, 0.1) is 5.76 Å². The normalized spacial score (nSPS) is 11.4. The molecular formula is C29H30IrNO2S-. The maximum Gasteiger partial charge on any atom is 0.155 e. The van der Waals surface area contributed by atoms with Crippen molar-refractivity contribution < 1.29 is 30.0 Å². The molecule has 0 saturated carbocycles. The average molecular weight is 649 g/mol. The van der Waals surface area contributed by atoms with E-state index in [4.69, 9.17) is 10.1 Å². The van der Waals surface area contributed by atoms with Gasteiger partial charge in [0.15, 0.2) is 5.78 Å². The number of carbonyl (C=O) groups is 1. The fraction of sp³-hybridized carbons (Fsp3) is 0.241. The molecule has 5 heteroatoms. The number of thiophene rings is 1. The summed E-state index contributed by atoms with van der Waals surface area (Å²) < 4.78 is 0. The number of fused-ring (bicyclic) bond motifs is 1. The van der Waals surface area contributed by atoms with Gasteiger partial charge in [-0.15, -0.1) is 46.2 Å². The van der Waals surface area contributed by atoms with E-state index >= 15 is 0 Å². The number of pyridine rings is 1. The van der Waals surface area contributed by atoms with E-state index in [2.05, 4.69) is 88.4 Å². The van der Waals surface area contributed by atoms with Gasteiger partial charge in [0.2, 0.25) is 0 Å². The van der Waals surface area contributed by atoms with E-state index in [-0.39, 0.29) is 37.1 Å². The molecule has 0 fully saturated rings. The van der Waals surface area contributed by atoms with Crippen molar-refractivity contribution in [2.24, 2.45) is 0 Å².